The number of hydrogen-bond acceptors (Lipinski definition) is 4. The third-order valence-electron chi connectivity index (χ3n) is 10.7. The van der Waals surface area contributed by atoms with Gasteiger partial charge in [0.05, 0.1) is 25.4 Å². The summed E-state index contributed by atoms with van der Waals surface area (Å²) in [5.74, 6) is 3.62. The summed E-state index contributed by atoms with van der Waals surface area (Å²) in [6, 6.07) is 20.9. The summed E-state index contributed by atoms with van der Waals surface area (Å²) in [6.45, 7) is 4.48. The first kappa shape index (κ1) is 25.1. The van der Waals surface area contributed by atoms with Gasteiger partial charge < -0.3 is 14.2 Å². The van der Waals surface area contributed by atoms with Crippen LogP contribution < -0.4 is 0 Å². The molecule has 4 nitrogen and oxygen atoms in total. The maximum Gasteiger partial charge on any atom is 0.293 e. The van der Waals surface area contributed by atoms with Gasteiger partial charge >= 0.3 is 0 Å². The number of benzene rings is 2. The molecule has 4 saturated carbocycles. The Bertz CT molecular complexity index is 1030. The van der Waals surface area contributed by atoms with Gasteiger partial charge in [-0.05, 0) is 97.5 Å². The van der Waals surface area contributed by atoms with Crippen molar-refractivity contribution in [1.82, 2.24) is 0 Å². The van der Waals surface area contributed by atoms with Crippen LogP contribution in [0, 0.1) is 35.0 Å². The van der Waals surface area contributed by atoms with E-state index in [-0.39, 0.29) is 17.6 Å². The molecule has 0 bridgehead atoms. The van der Waals surface area contributed by atoms with Crippen LogP contribution in [0.5, 0.6) is 0 Å². The first-order valence-electron chi connectivity index (χ1n) is 14.6. The van der Waals surface area contributed by atoms with Crippen LogP contribution in [-0.4, -0.2) is 24.8 Å². The number of ether oxygens (including phenoxy) is 3. The molecule has 4 aliphatic carbocycles. The van der Waals surface area contributed by atoms with E-state index in [0.717, 1.165) is 37.2 Å². The Kier molecular flexibility index (Phi) is 7.40. The van der Waals surface area contributed by atoms with E-state index < -0.39 is 0 Å². The third kappa shape index (κ3) is 5.00. The summed E-state index contributed by atoms with van der Waals surface area (Å²) in [5, 5.41) is 0. The van der Waals surface area contributed by atoms with Crippen molar-refractivity contribution in [2.24, 2.45) is 35.0 Å². The molecule has 0 spiro atoms. The summed E-state index contributed by atoms with van der Waals surface area (Å²) in [7, 11) is 0. The molecule has 0 amide bonds. The van der Waals surface area contributed by atoms with Gasteiger partial charge in [0, 0.05) is 0 Å². The van der Waals surface area contributed by atoms with E-state index in [1.54, 1.807) is 0 Å². The van der Waals surface area contributed by atoms with Crippen LogP contribution in [0.2, 0.25) is 0 Å². The fraction of sp³-hybridized carbons (Fsp3) is 0.606. The van der Waals surface area contributed by atoms with Crippen LogP contribution in [0.4, 0.5) is 0 Å². The fourth-order valence-electron chi connectivity index (χ4n) is 8.93. The molecule has 0 saturated heterocycles. The lowest BCUT2D eigenvalue weighted by atomic mass is 9.50. The topological polar surface area (TPSA) is 44.8 Å². The summed E-state index contributed by atoms with van der Waals surface area (Å²) >= 11 is 0. The summed E-state index contributed by atoms with van der Waals surface area (Å²) < 4.78 is 18.7. The Labute approximate surface area is 222 Å². The summed E-state index contributed by atoms with van der Waals surface area (Å²) in [4.78, 5) is 11.4. The van der Waals surface area contributed by atoms with Gasteiger partial charge in [-0.1, -0.05) is 67.6 Å². The smallest absolute Gasteiger partial charge is 0.293 e. The fourth-order valence-corrected chi connectivity index (χ4v) is 8.93. The minimum atomic E-state index is -0.125. The Morgan fingerprint density at radius 3 is 2.16 bits per heavy atom. The molecule has 9 atom stereocenters. The van der Waals surface area contributed by atoms with Crippen molar-refractivity contribution in [1.29, 1.82) is 0 Å². The van der Waals surface area contributed by atoms with Crippen molar-refractivity contribution >= 4 is 6.47 Å². The van der Waals surface area contributed by atoms with Gasteiger partial charge in [0.1, 0.15) is 6.10 Å². The van der Waals surface area contributed by atoms with Gasteiger partial charge in [0.25, 0.3) is 6.47 Å². The first-order valence-corrected chi connectivity index (χ1v) is 14.6. The third-order valence-corrected chi connectivity index (χ3v) is 10.7. The van der Waals surface area contributed by atoms with Crippen LogP contribution >= 0.6 is 0 Å². The molecule has 198 valence electrons. The molecule has 3 unspecified atom stereocenters. The molecular formula is C33H42O4. The van der Waals surface area contributed by atoms with Crippen molar-refractivity contribution in [2.75, 3.05) is 0 Å². The molecule has 0 aromatic heterocycles. The molecule has 0 radical (unpaired) electrons. The number of carbonyl (C=O) groups excluding carboxylic acids is 1. The van der Waals surface area contributed by atoms with Gasteiger partial charge in [-0.3, -0.25) is 4.79 Å². The van der Waals surface area contributed by atoms with Crippen LogP contribution in [-0.2, 0) is 32.2 Å². The van der Waals surface area contributed by atoms with Crippen molar-refractivity contribution in [2.45, 2.75) is 89.8 Å². The second kappa shape index (κ2) is 10.9. The van der Waals surface area contributed by atoms with Crippen LogP contribution in [0.25, 0.3) is 0 Å². The van der Waals surface area contributed by atoms with Crippen LogP contribution in [0.3, 0.4) is 0 Å². The van der Waals surface area contributed by atoms with Gasteiger partial charge in [-0.2, -0.15) is 0 Å². The average Bonchev–Trinajstić information content (AvgIpc) is 3.28. The highest BCUT2D eigenvalue weighted by atomic mass is 16.6. The molecule has 4 heteroatoms. The molecule has 37 heavy (non-hydrogen) atoms. The maximum absolute atomic E-state index is 11.4. The first-order chi connectivity index (χ1) is 18.2. The van der Waals surface area contributed by atoms with E-state index in [2.05, 4.69) is 49.4 Å². The predicted octanol–water partition coefficient (Wildman–Crippen LogP) is 6.96. The summed E-state index contributed by atoms with van der Waals surface area (Å²) in [5.41, 5.74) is 2.74. The minimum absolute atomic E-state index is 0.000639. The highest BCUT2D eigenvalue weighted by Crippen LogP contribution is 2.63. The van der Waals surface area contributed by atoms with Crippen molar-refractivity contribution in [3.8, 4) is 0 Å². The van der Waals surface area contributed by atoms with Gasteiger partial charge in [0.2, 0.25) is 0 Å². The predicted molar refractivity (Wildman–Crippen MR) is 143 cm³/mol. The molecule has 0 N–H and O–H groups in total. The van der Waals surface area contributed by atoms with E-state index in [0.29, 0.717) is 31.0 Å². The normalized spacial score (nSPS) is 38.7. The van der Waals surface area contributed by atoms with Gasteiger partial charge in [-0.25, -0.2) is 0 Å². The lowest BCUT2D eigenvalue weighted by Gasteiger charge is -2.56. The summed E-state index contributed by atoms with van der Waals surface area (Å²) in [6.07, 6.45) is 9.87. The van der Waals surface area contributed by atoms with E-state index in [4.69, 9.17) is 14.2 Å². The minimum Gasteiger partial charge on any atom is -0.462 e. The zero-order valence-electron chi connectivity index (χ0n) is 22.2. The average molecular weight is 503 g/mol. The second-order valence-electron chi connectivity index (χ2n) is 12.4. The lowest BCUT2D eigenvalue weighted by molar-refractivity contribution is -0.166. The molecule has 2 aromatic carbocycles. The van der Waals surface area contributed by atoms with E-state index in [1.807, 2.05) is 18.2 Å². The lowest BCUT2D eigenvalue weighted by Crippen LogP contribution is -2.53. The Morgan fingerprint density at radius 2 is 1.46 bits per heavy atom. The number of hydrogen-bond donors (Lipinski definition) is 0. The zero-order chi connectivity index (χ0) is 25.2. The molecule has 0 heterocycles. The monoisotopic (exact) mass is 502 g/mol. The molecule has 6 rings (SSSR count). The quantitative estimate of drug-likeness (QED) is 0.366. The molecular weight excluding hydrogens is 460 g/mol. The number of carbonyl (C=O) groups is 1. The van der Waals surface area contributed by atoms with E-state index in [9.17, 15) is 4.79 Å². The highest BCUT2D eigenvalue weighted by Gasteiger charge is 2.58. The zero-order valence-corrected chi connectivity index (χ0v) is 22.2. The van der Waals surface area contributed by atoms with Crippen LogP contribution in [0.1, 0.15) is 69.4 Å². The van der Waals surface area contributed by atoms with Gasteiger partial charge in [0.15, 0.2) is 0 Å². The maximum atomic E-state index is 11.4. The molecule has 4 fully saturated rings. The number of rotatable bonds is 8. The molecule has 4 aliphatic rings. The number of fused-ring (bicyclic) bond motifs is 5. The van der Waals surface area contributed by atoms with E-state index >= 15 is 0 Å². The Balaban J connectivity index is 1.11. The van der Waals surface area contributed by atoms with Gasteiger partial charge in [-0.15, -0.1) is 0 Å². The Hall–Kier alpha value is -2.17. The largest absolute Gasteiger partial charge is 0.462 e. The van der Waals surface area contributed by atoms with Crippen molar-refractivity contribution in [3.05, 3.63) is 71.8 Å². The Morgan fingerprint density at radius 1 is 0.757 bits per heavy atom. The van der Waals surface area contributed by atoms with Crippen molar-refractivity contribution < 1.29 is 19.0 Å². The molecule has 0 aliphatic heterocycles. The molecule has 2 aromatic rings. The van der Waals surface area contributed by atoms with Crippen molar-refractivity contribution in [3.63, 3.8) is 0 Å². The standard InChI is InChI=1S/C33H42O4/c1-33-17-16-26-27(29(33)14-15-32(33)36-21-24-10-6-3-7-11-24)13-12-25-18-30(31(37-22-34)19-28(25)26)35-20-23-8-4-2-5-9-23/h2-11,22,25-32H,12-21H2,1H3/t25?,26-,27+,28-,29-,30?,31?,32-,33-/m0/s1. The van der Waals surface area contributed by atoms with Crippen LogP contribution in [0.15, 0.2) is 60.7 Å². The highest BCUT2D eigenvalue weighted by molar-refractivity contribution is 5.37. The SMILES string of the molecule is C[C@]12CC[C@H]3[C@@H](CCC4CC(OCc5ccccc5)C(OC=O)C[C@@H]43)[C@@H]1CC[C@@H]2OCc1ccccc1. The van der Waals surface area contributed by atoms with E-state index in [1.165, 1.54) is 49.7 Å². The second-order valence-corrected chi connectivity index (χ2v) is 12.4.